The first-order valence-corrected chi connectivity index (χ1v) is 15.4. The summed E-state index contributed by atoms with van der Waals surface area (Å²) in [5.41, 5.74) is 4.62. The Morgan fingerprint density at radius 2 is 1.58 bits per heavy atom. The molecule has 4 aromatic rings. The molecule has 1 fully saturated rings. The normalized spacial score (nSPS) is 14.4. The van der Waals surface area contributed by atoms with Gasteiger partial charge in [0.25, 0.3) is 0 Å². The molecule has 0 spiro atoms. The fourth-order valence-corrected chi connectivity index (χ4v) is 5.75. The zero-order chi connectivity index (χ0) is 32.1. The third-order valence-corrected chi connectivity index (χ3v) is 8.28. The SMILES string of the molecule is COc1cc(OC)cc(C(=O)C(c2cccc(NC(=O)Nc3cc(C(C)(C)C)nn3-c3ccc(C)cc3)c2)C2CCNCC2)c1. The molecule has 1 aromatic heterocycles. The van der Waals surface area contributed by atoms with Crippen LogP contribution in [0.1, 0.15) is 66.7 Å². The highest BCUT2D eigenvalue weighted by atomic mass is 16.5. The molecule has 236 valence electrons. The number of carbonyl (C=O) groups excluding carboxylic acids is 2. The highest BCUT2D eigenvalue weighted by Crippen LogP contribution is 2.37. The first-order valence-electron chi connectivity index (χ1n) is 15.4. The Labute approximate surface area is 265 Å². The number of urea groups is 1. The number of anilines is 2. The minimum absolute atomic E-state index is 0.00240. The van der Waals surface area contributed by atoms with Crippen molar-refractivity contribution < 1.29 is 19.1 Å². The Kier molecular flexibility index (Phi) is 9.58. The van der Waals surface area contributed by atoms with Crippen LogP contribution < -0.4 is 25.4 Å². The molecule has 1 atom stereocenters. The van der Waals surface area contributed by atoms with Gasteiger partial charge in [-0.25, -0.2) is 9.48 Å². The van der Waals surface area contributed by atoms with Crippen LogP contribution in [0.2, 0.25) is 0 Å². The van der Waals surface area contributed by atoms with Crippen molar-refractivity contribution in [3.05, 3.63) is 95.2 Å². The summed E-state index contributed by atoms with van der Waals surface area (Å²) in [5.74, 6) is 1.43. The lowest BCUT2D eigenvalue weighted by Gasteiger charge is -2.30. The number of benzene rings is 3. The minimum Gasteiger partial charge on any atom is -0.497 e. The number of aromatic nitrogens is 2. The summed E-state index contributed by atoms with van der Waals surface area (Å²) in [5, 5.41) is 14.2. The predicted octanol–water partition coefficient (Wildman–Crippen LogP) is 7.11. The highest BCUT2D eigenvalue weighted by Gasteiger charge is 2.32. The number of nitrogens with zero attached hydrogens (tertiary/aromatic N) is 2. The van der Waals surface area contributed by atoms with Gasteiger partial charge in [-0.2, -0.15) is 5.10 Å². The Balaban J connectivity index is 1.42. The van der Waals surface area contributed by atoms with E-state index in [0.717, 1.165) is 48.4 Å². The minimum atomic E-state index is -0.400. The monoisotopic (exact) mass is 609 g/mol. The van der Waals surface area contributed by atoms with Crippen molar-refractivity contribution in [3.63, 3.8) is 0 Å². The molecule has 5 rings (SSSR count). The number of hydrogen-bond acceptors (Lipinski definition) is 6. The van der Waals surface area contributed by atoms with Gasteiger partial charge >= 0.3 is 6.03 Å². The molecule has 1 saturated heterocycles. The van der Waals surface area contributed by atoms with E-state index in [0.29, 0.717) is 28.6 Å². The lowest BCUT2D eigenvalue weighted by molar-refractivity contribution is 0.0915. The van der Waals surface area contributed by atoms with E-state index in [1.165, 1.54) is 0 Å². The molecule has 9 nitrogen and oxygen atoms in total. The molecule has 3 aromatic carbocycles. The van der Waals surface area contributed by atoms with Crippen LogP contribution in [0, 0.1) is 12.8 Å². The van der Waals surface area contributed by atoms with Crippen molar-refractivity contribution >= 4 is 23.3 Å². The molecule has 2 heterocycles. The molecular formula is C36H43N5O4. The Hall–Kier alpha value is -4.63. The molecule has 9 heteroatoms. The number of amides is 2. The molecule has 3 N–H and O–H groups in total. The second-order valence-electron chi connectivity index (χ2n) is 12.6. The van der Waals surface area contributed by atoms with Crippen molar-refractivity contribution in [1.29, 1.82) is 0 Å². The Morgan fingerprint density at radius 1 is 0.911 bits per heavy atom. The second-order valence-corrected chi connectivity index (χ2v) is 12.6. The van der Waals surface area contributed by atoms with Gasteiger partial charge < -0.3 is 20.1 Å². The number of carbonyl (C=O) groups is 2. The van der Waals surface area contributed by atoms with E-state index in [4.69, 9.17) is 14.6 Å². The van der Waals surface area contributed by atoms with Gasteiger partial charge in [-0.05, 0) is 80.7 Å². The number of ether oxygens (including phenoxy) is 2. The van der Waals surface area contributed by atoms with Crippen LogP contribution in [0.3, 0.4) is 0 Å². The third-order valence-electron chi connectivity index (χ3n) is 8.28. The lowest BCUT2D eigenvalue weighted by Crippen LogP contribution is -2.33. The standard InChI is InChI=1S/C36H43N5O4/c1-23-10-12-28(13-11-23)41-32(22-31(40-41)36(2,3)4)39-35(43)38-27-9-7-8-25(18-27)33(24-14-16-37-17-15-24)34(42)26-19-29(44-5)21-30(20-26)45-6/h7-13,18-22,24,33,37H,14-17H2,1-6H3,(H2,38,39,43). The number of piperidine rings is 1. The number of Topliss-reactive ketones (excluding diaryl/α,β-unsaturated/α-hetero) is 1. The maximum absolute atomic E-state index is 14.2. The van der Waals surface area contributed by atoms with Crippen LogP contribution in [0.15, 0.2) is 72.8 Å². The topological polar surface area (TPSA) is 107 Å². The van der Waals surface area contributed by atoms with E-state index in [9.17, 15) is 9.59 Å². The van der Waals surface area contributed by atoms with Crippen molar-refractivity contribution in [2.24, 2.45) is 5.92 Å². The summed E-state index contributed by atoms with van der Waals surface area (Å²) in [6, 6.07) is 22.4. The van der Waals surface area contributed by atoms with Gasteiger partial charge in [0, 0.05) is 28.8 Å². The number of ketones is 1. The Bertz CT molecular complexity index is 1630. The second kappa shape index (κ2) is 13.6. The number of rotatable bonds is 9. The highest BCUT2D eigenvalue weighted by molar-refractivity contribution is 6.03. The third kappa shape index (κ3) is 7.54. The quantitative estimate of drug-likeness (QED) is 0.175. The van der Waals surface area contributed by atoms with Gasteiger partial charge in [-0.3, -0.25) is 10.1 Å². The van der Waals surface area contributed by atoms with Crippen LogP contribution in [0.4, 0.5) is 16.3 Å². The molecular weight excluding hydrogens is 566 g/mol. The predicted molar refractivity (Wildman–Crippen MR) is 178 cm³/mol. The fourth-order valence-electron chi connectivity index (χ4n) is 5.75. The molecule has 1 unspecified atom stereocenters. The van der Waals surface area contributed by atoms with E-state index in [1.54, 1.807) is 37.1 Å². The van der Waals surface area contributed by atoms with Crippen LogP contribution in [0.25, 0.3) is 5.69 Å². The van der Waals surface area contributed by atoms with E-state index in [2.05, 4.69) is 36.7 Å². The van der Waals surface area contributed by atoms with E-state index in [1.807, 2.05) is 61.5 Å². The number of nitrogens with one attached hydrogen (secondary N) is 3. The molecule has 45 heavy (non-hydrogen) atoms. The fraction of sp³-hybridized carbons (Fsp3) is 0.361. The maximum Gasteiger partial charge on any atom is 0.324 e. The lowest BCUT2D eigenvalue weighted by atomic mass is 9.76. The van der Waals surface area contributed by atoms with Gasteiger partial charge in [0.15, 0.2) is 5.78 Å². The number of hydrogen-bond donors (Lipinski definition) is 3. The van der Waals surface area contributed by atoms with E-state index < -0.39 is 11.9 Å². The average Bonchev–Trinajstić information content (AvgIpc) is 3.46. The number of aryl methyl sites for hydroxylation is 1. The summed E-state index contributed by atoms with van der Waals surface area (Å²) < 4.78 is 12.7. The van der Waals surface area contributed by atoms with Gasteiger partial charge in [-0.1, -0.05) is 50.6 Å². The maximum atomic E-state index is 14.2. The van der Waals surface area contributed by atoms with Gasteiger partial charge in [0.05, 0.1) is 31.5 Å². The van der Waals surface area contributed by atoms with Crippen molar-refractivity contribution in [2.45, 2.75) is 51.9 Å². The average molecular weight is 610 g/mol. The van der Waals surface area contributed by atoms with Crippen molar-refractivity contribution in [3.8, 4) is 17.2 Å². The van der Waals surface area contributed by atoms with Crippen LogP contribution in [0.5, 0.6) is 11.5 Å². The van der Waals surface area contributed by atoms with Crippen LogP contribution >= 0.6 is 0 Å². The summed E-state index contributed by atoms with van der Waals surface area (Å²) in [6.07, 6.45) is 1.74. The van der Waals surface area contributed by atoms with Crippen molar-refractivity contribution in [2.75, 3.05) is 37.9 Å². The van der Waals surface area contributed by atoms with E-state index in [-0.39, 0.29) is 17.1 Å². The van der Waals surface area contributed by atoms with E-state index >= 15 is 0 Å². The van der Waals surface area contributed by atoms with Gasteiger partial charge in [0.2, 0.25) is 0 Å². The molecule has 1 aliphatic rings. The number of methoxy groups -OCH3 is 2. The van der Waals surface area contributed by atoms with Gasteiger partial charge in [0.1, 0.15) is 17.3 Å². The zero-order valence-corrected chi connectivity index (χ0v) is 26.9. The molecule has 2 amide bonds. The summed E-state index contributed by atoms with van der Waals surface area (Å²) in [7, 11) is 3.15. The smallest absolute Gasteiger partial charge is 0.324 e. The molecule has 1 aliphatic heterocycles. The molecule has 0 aliphatic carbocycles. The molecule has 0 radical (unpaired) electrons. The zero-order valence-electron chi connectivity index (χ0n) is 26.9. The Morgan fingerprint density at radius 3 is 2.20 bits per heavy atom. The molecule has 0 saturated carbocycles. The molecule has 0 bridgehead atoms. The van der Waals surface area contributed by atoms with Crippen molar-refractivity contribution in [1.82, 2.24) is 15.1 Å². The van der Waals surface area contributed by atoms with Gasteiger partial charge in [-0.15, -0.1) is 0 Å². The first-order chi connectivity index (χ1) is 21.5. The summed E-state index contributed by atoms with van der Waals surface area (Å²) in [6.45, 7) is 10.00. The summed E-state index contributed by atoms with van der Waals surface area (Å²) in [4.78, 5) is 27.6. The first kappa shape index (κ1) is 31.8. The van der Waals surface area contributed by atoms with Crippen LogP contribution in [-0.2, 0) is 5.41 Å². The summed E-state index contributed by atoms with van der Waals surface area (Å²) >= 11 is 0. The largest absolute Gasteiger partial charge is 0.497 e. The van der Waals surface area contributed by atoms with Crippen LogP contribution in [-0.4, -0.2) is 48.9 Å².